The van der Waals surface area contributed by atoms with Gasteiger partial charge < -0.3 is 4.74 Å². The van der Waals surface area contributed by atoms with Gasteiger partial charge in [-0.1, -0.05) is 33.3 Å². The molecule has 1 unspecified atom stereocenters. The van der Waals surface area contributed by atoms with Crippen LogP contribution in [0, 0.1) is 5.92 Å². The number of esters is 1. The summed E-state index contributed by atoms with van der Waals surface area (Å²) in [4.78, 5) is 10.9. The van der Waals surface area contributed by atoms with Gasteiger partial charge in [-0.05, 0) is 12.3 Å². The largest absolute Gasteiger partial charge is 0.435 e. The molecule has 0 heterocycles. The van der Waals surface area contributed by atoms with Crippen molar-refractivity contribution in [2.45, 2.75) is 39.5 Å². The molecule has 0 amide bonds. The van der Waals surface area contributed by atoms with E-state index in [-0.39, 0.29) is 5.97 Å². The zero-order valence-corrected chi connectivity index (χ0v) is 8.01. The Morgan fingerprint density at radius 3 is 2.75 bits per heavy atom. The molecule has 0 N–H and O–H groups in total. The number of hydrogen-bond acceptors (Lipinski definition) is 2. The molecule has 0 fully saturated rings. The normalized spacial score (nSPS) is 12.2. The van der Waals surface area contributed by atoms with Gasteiger partial charge in [0.2, 0.25) is 0 Å². The van der Waals surface area contributed by atoms with Crippen molar-refractivity contribution in [3.05, 3.63) is 12.8 Å². The molecule has 12 heavy (non-hydrogen) atoms. The minimum atomic E-state index is -0.173. The van der Waals surface area contributed by atoms with E-state index in [1.807, 2.05) is 0 Å². The van der Waals surface area contributed by atoms with Crippen LogP contribution in [0.15, 0.2) is 12.8 Å². The fraction of sp³-hybridized carbons (Fsp3) is 0.700. The summed E-state index contributed by atoms with van der Waals surface area (Å²) in [5, 5.41) is 0. The van der Waals surface area contributed by atoms with Gasteiger partial charge in [0.1, 0.15) is 0 Å². The van der Waals surface area contributed by atoms with Crippen LogP contribution in [0.25, 0.3) is 0 Å². The third-order valence-electron chi connectivity index (χ3n) is 1.84. The van der Waals surface area contributed by atoms with Crippen LogP contribution in [0.4, 0.5) is 0 Å². The molecular weight excluding hydrogens is 152 g/mol. The predicted octanol–water partition coefficient (Wildman–Crippen LogP) is 2.89. The first-order valence-electron chi connectivity index (χ1n) is 4.51. The molecular formula is C10H18O2. The van der Waals surface area contributed by atoms with E-state index >= 15 is 0 Å². The smallest absolute Gasteiger partial charge is 0.310 e. The van der Waals surface area contributed by atoms with Crippen LogP contribution < -0.4 is 0 Å². The summed E-state index contributed by atoms with van der Waals surface area (Å²) in [7, 11) is 0. The molecule has 2 heteroatoms. The van der Waals surface area contributed by atoms with Crippen molar-refractivity contribution < 1.29 is 9.53 Å². The zero-order chi connectivity index (χ0) is 9.40. The monoisotopic (exact) mass is 170 g/mol. The SMILES string of the molecule is C=COC(=O)CCC(C)CCC. The lowest BCUT2D eigenvalue weighted by molar-refractivity contribution is -0.138. The molecule has 1 atom stereocenters. The van der Waals surface area contributed by atoms with E-state index < -0.39 is 0 Å². The Hall–Kier alpha value is -0.790. The fourth-order valence-electron chi connectivity index (χ4n) is 1.15. The van der Waals surface area contributed by atoms with Gasteiger partial charge in [0, 0.05) is 6.42 Å². The summed E-state index contributed by atoms with van der Waals surface area (Å²) < 4.78 is 4.60. The van der Waals surface area contributed by atoms with Crippen LogP contribution in [0.5, 0.6) is 0 Å². The Morgan fingerprint density at radius 1 is 1.58 bits per heavy atom. The van der Waals surface area contributed by atoms with Gasteiger partial charge in [-0.3, -0.25) is 4.79 Å². The van der Waals surface area contributed by atoms with Crippen molar-refractivity contribution in [3.8, 4) is 0 Å². The Morgan fingerprint density at radius 2 is 2.25 bits per heavy atom. The molecule has 0 aromatic heterocycles. The van der Waals surface area contributed by atoms with Gasteiger partial charge in [0.25, 0.3) is 0 Å². The molecule has 0 spiro atoms. The standard InChI is InChI=1S/C10H18O2/c1-4-6-9(3)7-8-10(11)12-5-2/h5,9H,2,4,6-8H2,1,3H3. The number of hydrogen-bond donors (Lipinski definition) is 0. The average molecular weight is 170 g/mol. The summed E-state index contributed by atoms with van der Waals surface area (Å²) in [5.74, 6) is 0.445. The van der Waals surface area contributed by atoms with Crippen LogP contribution in [-0.2, 0) is 9.53 Å². The summed E-state index contributed by atoms with van der Waals surface area (Å²) in [6, 6.07) is 0. The topological polar surface area (TPSA) is 26.3 Å². The van der Waals surface area contributed by atoms with E-state index in [0.29, 0.717) is 12.3 Å². The molecule has 0 rings (SSSR count). The van der Waals surface area contributed by atoms with Crippen LogP contribution >= 0.6 is 0 Å². The van der Waals surface area contributed by atoms with Crippen molar-refractivity contribution in [1.82, 2.24) is 0 Å². The molecule has 0 aromatic carbocycles. The zero-order valence-electron chi connectivity index (χ0n) is 8.01. The van der Waals surface area contributed by atoms with Crippen molar-refractivity contribution in [2.75, 3.05) is 0 Å². The van der Waals surface area contributed by atoms with Crippen LogP contribution in [-0.4, -0.2) is 5.97 Å². The first-order valence-corrected chi connectivity index (χ1v) is 4.51. The highest BCUT2D eigenvalue weighted by molar-refractivity contribution is 5.69. The number of carbonyl (C=O) groups excluding carboxylic acids is 1. The van der Waals surface area contributed by atoms with E-state index in [9.17, 15) is 4.79 Å². The molecule has 0 aliphatic heterocycles. The summed E-state index contributed by atoms with van der Waals surface area (Å²) in [6.07, 6.45) is 4.97. The lowest BCUT2D eigenvalue weighted by Gasteiger charge is -2.07. The molecule has 0 aliphatic rings. The van der Waals surface area contributed by atoms with E-state index in [2.05, 4.69) is 25.2 Å². The third kappa shape index (κ3) is 5.96. The number of rotatable bonds is 6. The maximum atomic E-state index is 10.9. The molecule has 2 nitrogen and oxygen atoms in total. The third-order valence-corrected chi connectivity index (χ3v) is 1.84. The van der Waals surface area contributed by atoms with Crippen LogP contribution in [0.2, 0.25) is 0 Å². The number of carbonyl (C=O) groups is 1. The van der Waals surface area contributed by atoms with Crippen LogP contribution in [0.1, 0.15) is 39.5 Å². The van der Waals surface area contributed by atoms with Crippen molar-refractivity contribution in [3.63, 3.8) is 0 Å². The maximum absolute atomic E-state index is 10.9. The fourth-order valence-corrected chi connectivity index (χ4v) is 1.15. The molecule has 70 valence electrons. The van der Waals surface area contributed by atoms with E-state index in [1.54, 1.807) is 0 Å². The Labute approximate surface area is 74.6 Å². The van der Waals surface area contributed by atoms with Gasteiger partial charge in [-0.25, -0.2) is 0 Å². The van der Waals surface area contributed by atoms with Crippen molar-refractivity contribution in [2.24, 2.45) is 5.92 Å². The molecule has 0 saturated carbocycles. The number of ether oxygens (including phenoxy) is 1. The van der Waals surface area contributed by atoms with Crippen molar-refractivity contribution >= 4 is 5.97 Å². The molecule has 0 aromatic rings. The maximum Gasteiger partial charge on any atom is 0.310 e. The molecule has 0 radical (unpaired) electrons. The minimum absolute atomic E-state index is 0.173. The summed E-state index contributed by atoms with van der Waals surface area (Å²) in [6.45, 7) is 7.63. The highest BCUT2D eigenvalue weighted by Crippen LogP contribution is 2.12. The second kappa shape index (κ2) is 6.89. The van der Waals surface area contributed by atoms with Gasteiger partial charge in [0.05, 0.1) is 6.26 Å². The Bertz CT molecular complexity index is 141. The summed E-state index contributed by atoms with van der Waals surface area (Å²) >= 11 is 0. The quantitative estimate of drug-likeness (QED) is 0.452. The second-order valence-electron chi connectivity index (χ2n) is 3.09. The first kappa shape index (κ1) is 11.2. The minimum Gasteiger partial charge on any atom is -0.435 e. The van der Waals surface area contributed by atoms with E-state index in [0.717, 1.165) is 6.42 Å². The van der Waals surface area contributed by atoms with Crippen molar-refractivity contribution in [1.29, 1.82) is 0 Å². The lowest BCUT2D eigenvalue weighted by atomic mass is 10.0. The Kier molecular flexibility index (Phi) is 6.44. The molecule has 0 saturated heterocycles. The van der Waals surface area contributed by atoms with E-state index in [4.69, 9.17) is 0 Å². The predicted molar refractivity (Wildman–Crippen MR) is 49.6 cm³/mol. The average Bonchev–Trinajstić information content (AvgIpc) is 2.02. The lowest BCUT2D eigenvalue weighted by Crippen LogP contribution is -2.03. The first-order chi connectivity index (χ1) is 5.70. The summed E-state index contributed by atoms with van der Waals surface area (Å²) in [5.41, 5.74) is 0. The van der Waals surface area contributed by atoms with Gasteiger partial charge in [-0.15, -0.1) is 0 Å². The molecule has 0 aliphatic carbocycles. The highest BCUT2D eigenvalue weighted by atomic mass is 16.5. The van der Waals surface area contributed by atoms with Gasteiger partial charge >= 0.3 is 5.97 Å². The van der Waals surface area contributed by atoms with Crippen LogP contribution in [0.3, 0.4) is 0 Å². The van der Waals surface area contributed by atoms with E-state index in [1.165, 1.54) is 19.1 Å². The van der Waals surface area contributed by atoms with Gasteiger partial charge in [0.15, 0.2) is 0 Å². The highest BCUT2D eigenvalue weighted by Gasteiger charge is 2.05. The van der Waals surface area contributed by atoms with Gasteiger partial charge in [-0.2, -0.15) is 0 Å². The Balaban J connectivity index is 3.39. The molecule has 0 bridgehead atoms. The second-order valence-corrected chi connectivity index (χ2v) is 3.09.